The summed E-state index contributed by atoms with van der Waals surface area (Å²) in [4.78, 5) is 22.0. The van der Waals surface area contributed by atoms with Gasteiger partial charge < -0.3 is 15.3 Å². The number of fused-ring (bicyclic) bond motifs is 1. The maximum absolute atomic E-state index is 12.8. The maximum atomic E-state index is 12.8. The standard InChI is InChI=1S/C23H24N6O4S/c1-14(2)29-13-20(26-12-21(29)30)34(32,33)28-23(31)27-22-18-5-3-4-15(18)6-7-19(22)16-8-9-25-17(10-16)11-24/h6-10,12-14,21,30H,3-5H2,1-2H3,(H2,27,28,31). The number of rotatable bonds is 5. The van der Waals surface area contributed by atoms with Crippen LogP contribution in [0.15, 0.2) is 46.7 Å². The average Bonchev–Trinajstić information content (AvgIpc) is 3.28. The fourth-order valence-electron chi connectivity index (χ4n) is 4.07. The fraction of sp³-hybridized carbons (Fsp3) is 0.304. The zero-order chi connectivity index (χ0) is 24.5. The number of carbonyl (C=O) groups is 1. The first-order valence-corrected chi connectivity index (χ1v) is 12.2. The van der Waals surface area contributed by atoms with Gasteiger partial charge in [-0.1, -0.05) is 12.1 Å². The highest BCUT2D eigenvalue weighted by atomic mass is 32.2. The van der Waals surface area contributed by atoms with Gasteiger partial charge in [0.2, 0.25) is 0 Å². The minimum Gasteiger partial charge on any atom is -0.368 e. The number of amides is 2. The summed E-state index contributed by atoms with van der Waals surface area (Å²) in [6.45, 7) is 3.58. The number of aryl methyl sites for hydroxylation is 1. The van der Waals surface area contributed by atoms with Gasteiger partial charge in [0.1, 0.15) is 11.8 Å². The number of carbonyl (C=O) groups excluding carboxylic acids is 1. The number of aromatic nitrogens is 1. The number of nitriles is 1. The topological polar surface area (TPSA) is 148 Å². The molecule has 10 nitrogen and oxygen atoms in total. The second-order valence-electron chi connectivity index (χ2n) is 8.28. The molecule has 34 heavy (non-hydrogen) atoms. The molecule has 1 aliphatic heterocycles. The van der Waals surface area contributed by atoms with Crippen molar-refractivity contribution in [1.82, 2.24) is 14.6 Å². The molecule has 11 heteroatoms. The minimum atomic E-state index is -4.30. The molecule has 2 heterocycles. The second kappa shape index (κ2) is 9.24. The van der Waals surface area contributed by atoms with E-state index in [0.29, 0.717) is 16.8 Å². The molecule has 2 amide bonds. The molecule has 0 fully saturated rings. The highest BCUT2D eigenvalue weighted by molar-refractivity contribution is 7.93. The zero-order valence-corrected chi connectivity index (χ0v) is 19.5. The number of pyridine rings is 1. The predicted octanol–water partition coefficient (Wildman–Crippen LogP) is 2.47. The predicted molar refractivity (Wildman–Crippen MR) is 127 cm³/mol. The van der Waals surface area contributed by atoms with Crippen molar-refractivity contribution < 1.29 is 18.3 Å². The molecule has 1 aliphatic carbocycles. The molecule has 1 atom stereocenters. The van der Waals surface area contributed by atoms with Gasteiger partial charge in [0, 0.05) is 24.0 Å². The Bertz CT molecular complexity index is 1340. The van der Waals surface area contributed by atoms with E-state index in [1.165, 1.54) is 17.3 Å². The molecule has 0 saturated carbocycles. The Morgan fingerprint density at radius 3 is 2.82 bits per heavy atom. The molecule has 4 rings (SSSR count). The lowest BCUT2D eigenvalue weighted by Gasteiger charge is -2.30. The van der Waals surface area contributed by atoms with Crippen molar-refractivity contribution >= 4 is 28.0 Å². The van der Waals surface area contributed by atoms with E-state index in [0.717, 1.165) is 36.6 Å². The van der Waals surface area contributed by atoms with Crippen LogP contribution in [0.25, 0.3) is 11.1 Å². The summed E-state index contributed by atoms with van der Waals surface area (Å²) in [5, 5.41) is 21.5. The van der Waals surface area contributed by atoms with E-state index in [1.54, 1.807) is 26.0 Å². The van der Waals surface area contributed by atoms with Crippen LogP contribution in [0.4, 0.5) is 10.5 Å². The Morgan fingerprint density at radius 1 is 1.29 bits per heavy atom. The number of aliphatic imine (C=N–C) groups is 1. The Hall–Kier alpha value is -3.75. The normalized spacial score (nSPS) is 17.2. The van der Waals surface area contributed by atoms with Crippen LogP contribution in [0.5, 0.6) is 0 Å². The molecule has 0 saturated heterocycles. The summed E-state index contributed by atoms with van der Waals surface area (Å²) in [6, 6.07) is 8.05. The van der Waals surface area contributed by atoms with Crippen molar-refractivity contribution in [2.45, 2.75) is 45.4 Å². The van der Waals surface area contributed by atoms with Crippen molar-refractivity contribution in [2.24, 2.45) is 4.99 Å². The van der Waals surface area contributed by atoms with E-state index in [2.05, 4.69) is 15.3 Å². The van der Waals surface area contributed by atoms with Gasteiger partial charge in [0.25, 0.3) is 10.0 Å². The van der Waals surface area contributed by atoms with Gasteiger partial charge >= 0.3 is 6.03 Å². The minimum absolute atomic E-state index is 0.186. The Balaban J connectivity index is 1.64. The first-order chi connectivity index (χ1) is 16.2. The third-order valence-corrected chi connectivity index (χ3v) is 6.92. The number of urea groups is 1. The second-order valence-corrected chi connectivity index (χ2v) is 9.91. The molecular weight excluding hydrogens is 456 g/mol. The third-order valence-electron chi connectivity index (χ3n) is 5.71. The number of nitrogens with zero attached hydrogens (tertiary/aromatic N) is 4. The Kier molecular flexibility index (Phi) is 6.37. The number of aliphatic hydroxyl groups excluding tert-OH is 1. The molecule has 0 spiro atoms. The third kappa shape index (κ3) is 4.64. The van der Waals surface area contributed by atoms with Crippen LogP contribution < -0.4 is 10.0 Å². The quantitative estimate of drug-likeness (QED) is 0.595. The highest BCUT2D eigenvalue weighted by Crippen LogP contribution is 2.37. The molecule has 0 radical (unpaired) electrons. The molecule has 1 unspecified atom stereocenters. The smallest absolute Gasteiger partial charge is 0.333 e. The summed E-state index contributed by atoms with van der Waals surface area (Å²) in [5.74, 6) is 0. The van der Waals surface area contributed by atoms with Gasteiger partial charge in [-0.25, -0.2) is 19.5 Å². The van der Waals surface area contributed by atoms with Gasteiger partial charge in [-0.05, 0) is 61.9 Å². The van der Waals surface area contributed by atoms with Crippen LogP contribution in [0.3, 0.4) is 0 Å². The van der Waals surface area contributed by atoms with E-state index >= 15 is 0 Å². The lowest BCUT2D eigenvalue weighted by Crippen LogP contribution is -2.42. The van der Waals surface area contributed by atoms with E-state index in [1.807, 2.05) is 22.9 Å². The molecule has 2 aromatic rings. The first-order valence-electron chi connectivity index (χ1n) is 10.8. The molecule has 176 valence electrons. The van der Waals surface area contributed by atoms with Crippen LogP contribution in [0.2, 0.25) is 0 Å². The molecule has 2 aliphatic rings. The van der Waals surface area contributed by atoms with Gasteiger partial charge in [-0.15, -0.1) is 0 Å². The number of hydrogen-bond donors (Lipinski definition) is 3. The van der Waals surface area contributed by atoms with Crippen LogP contribution in [0.1, 0.15) is 37.1 Å². The molecular formula is C23H24N6O4S. The molecule has 0 bridgehead atoms. The van der Waals surface area contributed by atoms with E-state index < -0.39 is 22.3 Å². The number of aliphatic hydroxyl groups is 1. The lowest BCUT2D eigenvalue weighted by molar-refractivity contribution is 0.0759. The largest absolute Gasteiger partial charge is 0.368 e. The summed E-state index contributed by atoms with van der Waals surface area (Å²) in [6.07, 6.45) is 5.28. The van der Waals surface area contributed by atoms with Crippen LogP contribution >= 0.6 is 0 Å². The summed E-state index contributed by atoms with van der Waals surface area (Å²) >= 11 is 0. The van der Waals surface area contributed by atoms with Gasteiger partial charge in [0.15, 0.2) is 11.3 Å². The zero-order valence-electron chi connectivity index (χ0n) is 18.7. The summed E-state index contributed by atoms with van der Waals surface area (Å²) in [7, 11) is -4.30. The SMILES string of the molecule is CC(C)N1C=C(S(=O)(=O)NC(=O)Nc2c(-c3ccnc(C#N)c3)ccc3c2CCC3)N=CC1O. The average molecular weight is 481 g/mol. The fourth-order valence-corrected chi connectivity index (χ4v) is 4.93. The number of nitrogens with one attached hydrogen (secondary N) is 2. The van der Waals surface area contributed by atoms with E-state index in [-0.39, 0.29) is 16.8 Å². The van der Waals surface area contributed by atoms with Gasteiger partial charge in [-0.2, -0.15) is 13.7 Å². The van der Waals surface area contributed by atoms with Crippen LogP contribution in [0, 0.1) is 11.3 Å². The van der Waals surface area contributed by atoms with Crippen molar-refractivity contribution in [3.63, 3.8) is 0 Å². The number of benzene rings is 1. The molecule has 1 aromatic heterocycles. The van der Waals surface area contributed by atoms with Gasteiger partial charge in [-0.3, -0.25) is 0 Å². The molecule has 1 aromatic carbocycles. The number of sulfonamides is 1. The Labute approximate surface area is 197 Å². The number of hydrogen-bond acceptors (Lipinski definition) is 8. The van der Waals surface area contributed by atoms with Crippen molar-refractivity contribution in [3.05, 3.63) is 58.5 Å². The summed E-state index contributed by atoms with van der Waals surface area (Å²) in [5.41, 5.74) is 4.09. The van der Waals surface area contributed by atoms with Crippen LogP contribution in [-0.2, 0) is 22.9 Å². The maximum Gasteiger partial charge on any atom is 0.333 e. The van der Waals surface area contributed by atoms with Crippen molar-refractivity contribution in [2.75, 3.05) is 5.32 Å². The molecule has 3 N–H and O–H groups in total. The van der Waals surface area contributed by atoms with Crippen LogP contribution in [-0.4, -0.2) is 47.9 Å². The lowest BCUT2D eigenvalue weighted by atomic mass is 9.97. The van der Waals surface area contributed by atoms with E-state index in [4.69, 9.17) is 0 Å². The van der Waals surface area contributed by atoms with Gasteiger partial charge in [0.05, 0.1) is 11.9 Å². The monoisotopic (exact) mass is 480 g/mol. The summed E-state index contributed by atoms with van der Waals surface area (Å²) < 4.78 is 27.7. The number of anilines is 1. The van der Waals surface area contributed by atoms with Crippen molar-refractivity contribution in [3.8, 4) is 17.2 Å². The van der Waals surface area contributed by atoms with E-state index in [9.17, 15) is 23.6 Å². The first kappa shape index (κ1) is 23.4. The van der Waals surface area contributed by atoms with Crippen molar-refractivity contribution in [1.29, 1.82) is 5.26 Å². The highest BCUT2D eigenvalue weighted by Gasteiger charge is 2.28. The Morgan fingerprint density at radius 2 is 2.09 bits per heavy atom.